The Morgan fingerprint density at radius 3 is 1.06 bits per heavy atom. The van der Waals surface area contributed by atoms with E-state index in [2.05, 4.69) is 13.8 Å². The van der Waals surface area contributed by atoms with E-state index in [0.29, 0.717) is 13.2 Å². The molecule has 0 rings (SSSR count). The van der Waals surface area contributed by atoms with E-state index in [9.17, 15) is 0 Å². The van der Waals surface area contributed by atoms with Gasteiger partial charge in [0.15, 0.2) is 0 Å². The van der Waals surface area contributed by atoms with Crippen molar-refractivity contribution in [3.63, 3.8) is 0 Å². The number of halogens is 2. The van der Waals surface area contributed by atoms with E-state index in [0.717, 1.165) is 12.8 Å². The van der Waals surface area contributed by atoms with Crippen molar-refractivity contribution in [3.8, 4) is 0 Å². The third-order valence-electron chi connectivity index (χ3n) is 2.02. The molecule has 0 aromatic carbocycles. The molecule has 0 heterocycles. The Balaban J connectivity index is -0.0000000480. The van der Waals surface area contributed by atoms with Crippen LogP contribution in [0.2, 0.25) is 0 Å². The van der Waals surface area contributed by atoms with E-state index in [1.807, 2.05) is 0 Å². The maximum Gasteiger partial charge on any atom is 0.0431 e. The Labute approximate surface area is 135 Å². The van der Waals surface area contributed by atoms with Gasteiger partial charge in [-0.25, -0.2) is 0 Å². The van der Waals surface area contributed by atoms with E-state index in [1.54, 1.807) is 0 Å². The fraction of sp³-hybridized carbons (Fsp3) is 1.00. The molecule has 0 aliphatic heterocycles. The van der Waals surface area contributed by atoms with Crippen molar-refractivity contribution in [1.82, 2.24) is 0 Å². The molecule has 0 saturated carbocycles. The second kappa shape index (κ2) is 36.0. The predicted octanol–water partition coefficient (Wildman–Crippen LogP) is 3.96. The molecule has 0 aliphatic rings. The zero-order chi connectivity index (χ0) is 11.1. The van der Waals surface area contributed by atoms with Crippen molar-refractivity contribution in [2.24, 2.45) is 0 Å². The third-order valence-corrected chi connectivity index (χ3v) is 2.02. The molecule has 0 radical (unpaired) electrons. The van der Waals surface area contributed by atoms with Gasteiger partial charge in [-0.3, -0.25) is 0 Å². The summed E-state index contributed by atoms with van der Waals surface area (Å²) in [4.78, 5) is 0. The van der Waals surface area contributed by atoms with E-state index in [1.165, 1.54) is 38.5 Å². The first-order valence-electron chi connectivity index (χ1n) is 6.05. The van der Waals surface area contributed by atoms with Gasteiger partial charge in [-0.2, -0.15) is 0 Å². The van der Waals surface area contributed by atoms with Crippen LogP contribution in [-0.2, 0) is 21.7 Å². The minimum Gasteiger partial charge on any atom is -0.396 e. The van der Waals surface area contributed by atoms with Gasteiger partial charge in [-0.1, -0.05) is 52.4 Å². The van der Waals surface area contributed by atoms with Gasteiger partial charge in [0.25, 0.3) is 0 Å². The minimum atomic E-state index is 0. The van der Waals surface area contributed by atoms with Crippen LogP contribution in [0.4, 0.5) is 0 Å². The molecule has 0 atom stereocenters. The van der Waals surface area contributed by atoms with Crippen LogP contribution in [0.3, 0.4) is 0 Å². The van der Waals surface area contributed by atoms with Crippen molar-refractivity contribution in [1.29, 1.82) is 0 Å². The molecule has 0 amide bonds. The summed E-state index contributed by atoms with van der Waals surface area (Å²) in [6, 6.07) is 0. The summed E-state index contributed by atoms with van der Waals surface area (Å²) < 4.78 is 0. The molecular formula is C12H30Cl2O2Ti. The zero-order valence-electron chi connectivity index (χ0n) is 11.3. The second-order valence-corrected chi connectivity index (χ2v) is 3.57. The Morgan fingerprint density at radius 2 is 0.882 bits per heavy atom. The van der Waals surface area contributed by atoms with E-state index in [-0.39, 0.29) is 46.5 Å². The molecule has 0 unspecified atom stereocenters. The van der Waals surface area contributed by atoms with E-state index in [4.69, 9.17) is 10.2 Å². The maximum atomic E-state index is 8.29. The van der Waals surface area contributed by atoms with Gasteiger partial charge in [0.1, 0.15) is 0 Å². The maximum absolute atomic E-state index is 8.29. The molecule has 0 aromatic rings. The average Bonchev–Trinajstić information content (AvgIpc) is 2.21. The summed E-state index contributed by atoms with van der Waals surface area (Å²) in [5.74, 6) is 0. The standard InChI is InChI=1S/2C6H14O.2ClH.Ti/c2*1-2-3-4-5-6-7;;;/h2*7H,2-6H2,1H3;2*1H;. The predicted molar refractivity (Wildman–Crippen MR) is 77.0 cm³/mol. The molecule has 0 aromatic heterocycles. The van der Waals surface area contributed by atoms with Crippen molar-refractivity contribution >= 4 is 24.8 Å². The van der Waals surface area contributed by atoms with Crippen LogP contribution >= 0.6 is 24.8 Å². The third kappa shape index (κ3) is 46.9. The summed E-state index contributed by atoms with van der Waals surface area (Å²) in [6.07, 6.45) is 9.36. The van der Waals surface area contributed by atoms with Crippen LogP contribution in [0, 0.1) is 0 Å². The second-order valence-electron chi connectivity index (χ2n) is 3.57. The number of hydrogen-bond donors (Lipinski definition) is 2. The SMILES string of the molecule is CCCCCCO.CCCCCCO.Cl.Cl.[Ti]. The largest absolute Gasteiger partial charge is 0.396 e. The van der Waals surface area contributed by atoms with Gasteiger partial charge in [0, 0.05) is 34.9 Å². The summed E-state index contributed by atoms with van der Waals surface area (Å²) in [7, 11) is 0. The molecule has 5 heteroatoms. The van der Waals surface area contributed by atoms with Gasteiger partial charge in [-0.15, -0.1) is 24.8 Å². The van der Waals surface area contributed by atoms with Crippen LogP contribution in [-0.4, -0.2) is 23.4 Å². The Morgan fingerprint density at radius 1 is 0.588 bits per heavy atom. The number of aliphatic hydroxyl groups is 2. The van der Waals surface area contributed by atoms with Gasteiger partial charge >= 0.3 is 0 Å². The first-order chi connectivity index (χ1) is 6.83. The van der Waals surface area contributed by atoms with Crippen molar-refractivity contribution in [3.05, 3.63) is 0 Å². The van der Waals surface area contributed by atoms with E-state index < -0.39 is 0 Å². The molecule has 2 N–H and O–H groups in total. The van der Waals surface area contributed by atoms with Crippen LogP contribution < -0.4 is 0 Å². The molecule has 0 saturated heterocycles. The van der Waals surface area contributed by atoms with Gasteiger partial charge in [0.05, 0.1) is 0 Å². The first-order valence-corrected chi connectivity index (χ1v) is 6.05. The molecule has 0 spiro atoms. The smallest absolute Gasteiger partial charge is 0.0431 e. The number of aliphatic hydroxyl groups excluding tert-OH is 2. The molecule has 0 aliphatic carbocycles. The van der Waals surface area contributed by atoms with Gasteiger partial charge in [-0.05, 0) is 12.8 Å². The van der Waals surface area contributed by atoms with Crippen LogP contribution in [0.5, 0.6) is 0 Å². The normalized spacial score (nSPS) is 7.76. The molecule has 0 bridgehead atoms. The summed E-state index contributed by atoms with van der Waals surface area (Å²) >= 11 is 0. The Hall–Kier alpha value is 1.21. The van der Waals surface area contributed by atoms with Crippen molar-refractivity contribution < 1.29 is 31.9 Å². The van der Waals surface area contributed by atoms with E-state index >= 15 is 0 Å². The zero-order valence-corrected chi connectivity index (χ0v) is 14.5. The molecular weight excluding hydrogens is 295 g/mol. The summed E-state index contributed by atoms with van der Waals surface area (Å²) in [5, 5.41) is 16.6. The number of hydrogen-bond acceptors (Lipinski definition) is 2. The molecule has 17 heavy (non-hydrogen) atoms. The van der Waals surface area contributed by atoms with Crippen LogP contribution in [0.15, 0.2) is 0 Å². The van der Waals surface area contributed by atoms with Gasteiger partial charge < -0.3 is 10.2 Å². The van der Waals surface area contributed by atoms with Crippen LogP contribution in [0.1, 0.15) is 65.2 Å². The summed E-state index contributed by atoms with van der Waals surface area (Å²) in [6.45, 7) is 5.05. The van der Waals surface area contributed by atoms with Gasteiger partial charge in [0.2, 0.25) is 0 Å². The minimum absolute atomic E-state index is 0. The Bertz CT molecular complexity index is 70.9. The fourth-order valence-electron chi connectivity index (χ4n) is 1.08. The number of rotatable bonds is 8. The van der Waals surface area contributed by atoms with Crippen molar-refractivity contribution in [2.45, 2.75) is 65.2 Å². The summed E-state index contributed by atoms with van der Waals surface area (Å²) in [5.41, 5.74) is 0. The fourth-order valence-corrected chi connectivity index (χ4v) is 1.08. The molecule has 108 valence electrons. The quantitative estimate of drug-likeness (QED) is 0.524. The topological polar surface area (TPSA) is 40.5 Å². The average molecular weight is 325 g/mol. The Kier molecular flexibility index (Phi) is 65.4. The first kappa shape index (κ1) is 30.9. The monoisotopic (exact) mass is 324 g/mol. The van der Waals surface area contributed by atoms with Crippen molar-refractivity contribution in [2.75, 3.05) is 13.2 Å². The molecule has 2 nitrogen and oxygen atoms in total. The van der Waals surface area contributed by atoms with Crippen LogP contribution in [0.25, 0.3) is 0 Å². The number of unbranched alkanes of at least 4 members (excludes halogenated alkanes) is 6. The molecule has 0 fully saturated rings.